The van der Waals surface area contributed by atoms with Gasteiger partial charge in [-0.3, -0.25) is 9.98 Å². The molecule has 40 heavy (non-hydrogen) atoms. The van der Waals surface area contributed by atoms with Crippen molar-refractivity contribution in [3.8, 4) is 28.1 Å². The van der Waals surface area contributed by atoms with Crippen molar-refractivity contribution < 1.29 is 0 Å². The minimum Gasteiger partial charge on any atom is -0.299 e. The highest BCUT2D eigenvalue weighted by atomic mass is 32.1. The molecule has 192 valence electrons. The van der Waals surface area contributed by atoms with Crippen LogP contribution >= 0.6 is 12.8 Å². The fourth-order valence-electron chi connectivity index (χ4n) is 5.57. The van der Waals surface area contributed by atoms with Gasteiger partial charge in [0.1, 0.15) is 11.5 Å². The van der Waals surface area contributed by atoms with Gasteiger partial charge in [0.15, 0.2) is 0 Å². The zero-order valence-electron chi connectivity index (χ0n) is 21.8. The molecule has 0 unspecified atom stereocenters. The third kappa shape index (κ3) is 3.88. The molecule has 7 rings (SSSR count). The van der Waals surface area contributed by atoms with E-state index in [2.05, 4.69) is 95.4 Å². The minimum atomic E-state index is 0.346. The Bertz CT molecular complexity index is 2000. The van der Waals surface area contributed by atoms with Gasteiger partial charge in [-0.1, -0.05) is 73.7 Å². The fourth-order valence-corrected chi connectivity index (χ4v) is 5.78. The van der Waals surface area contributed by atoms with E-state index in [4.69, 9.17) is 15.4 Å². The summed E-state index contributed by atoms with van der Waals surface area (Å²) in [5, 5.41) is 9.35. The van der Waals surface area contributed by atoms with Crippen LogP contribution in [0.1, 0.15) is 23.9 Å². The van der Waals surface area contributed by atoms with E-state index in [0.717, 1.165) is 73.4 Å². The van der Waals surface area contributed by atoms with Gasteiger partial charge in [-0.15, -0.1) is 0 Å². The molecule has 0 atom stereocenters. The summed E-state index contributed by atoms with van der Waals surface area (Å²) in [5.41, 5.74) is 11.0. The zero-order chi connectivity index (χ0) is 27.2. The van der Waals surface area contributed by atoms with E-state index < -0.39 is 0 Å². The molecule has 0 bridgehead atoms. The van der Waals surface area contributed by atoms with Crippen LogP contribution in [0.15, 0.2) is 108 Å². The Kier molecular flexibility index (Phi) is 5.90. The summed E-state index contributed by atoms with van der Waals surface area (Å²) in [6.45, 7) is 2.14. The van der Waals surface area contributed by atoms with Crippen molar-refractivity contribution >= 4 is 52.3 Å². The first kappa shape index (κ1) is 24.2. The summed E-state index contributed by atoms with van der Waals surface area (Å²) < 4.78 is 6.41. The number of aromatic nitrogens is 3. The average Bonchev–Trinajstić information content (AvgIpc) is 3.39. The Hall–Kier alpha value is -4.81. The maximum atomic E-state index is 8.38. The molecule has 2 aromatic heterocycles. The molecule has 4 aromatic carbocycles. The van der Waals surface area contributed by atoms with Gasteiger partial charge >= 0.3 is 0 Å². The highest BCUT2D eigenvalue weighted by Crippen LogP contribution is 2.35. The van der Waals surface area contributed by atoms with Crippen LogP contribution in [0, 0.1) is 5.41 Å². The number of benzene rings is 4. The van der Waals surface area contributed by atoms with Crippen molar-refractivity contribution in [2.45, 2.75) is 13.3 Å². The van der Waals surface area contributed by atoms with Crippen molar-refractivity contribution in [1.82, 2.24) is 14.5 Å². The highest BCUT2D eigenvalue weighted by Gasteiger charge is 2.23. The van der Waals surface area contributed by atoms with E-state index in [-0.39, 0.29) is 0 Å². The van der Waals surface area contributed by atoms with E-state index in [1.807, 2.05) is 36.4 Å². The molecule has 1 aliphatic rings. The summed E-state index contributed by atoms with van der Waals surface area (Å²) in [7, 11) is 0. The number of allylic oxidation sites excluding steroid dienone is 1. The molecule has 2 heterocycles. The number of nitrogens with zero attached hydrogens (tertiary/aromatic N) is 4. The van der Waals surface area contributed by atoms with Gasteiger partial charge in [0.25, 0.3) is 0 Å². The lowest BCUT2D eigenvalue weighted by Gasteiger charge is -2.19. The summed E-state index contributed by atoms with van der Waals surface area (Å²) in [5.74, 6) is 1.06. The normalized spacial score (nSPS) is 13.8. The predicted molar refractivity (Wildman–Crippen MR) is 169 cm³/mol. The quantitative estimate of drug-likeness (QED) is 0.224. The van der Waals surface area contributed by atoms with E-state index in [1.165, 1.54) is 0 Å². The Balaban J connectivity index is 1.27. The average molecular weight is 536 g/mol. The van der Waals surface area contributed by atoms with Gasteiger partial charge in [-0.25, -0.2) is 14.4 Å². The molecular formula is C34H25N5S. The molecule has 6 aromatic rings. The topological polar surface area (TPSA) is 66.9 Å². The van der Waals surface area contributed by atoms with Gasteiger partial charge in [0, 0.05) is 34.2 Å². The standard InChI is InChI=1S/C34H25N5S/c1-2-31-36-29-9-5-6-10-30(29)39(31)24-17-15-22(16-18-24)21-11-13-23(14-12-21)33-26-19-20-27(35)34(38-40)32(26)25-7-3-4-8-28(25)37-33/h3-20,35,40H,2H2,1H3/b35-27?,38-34+. The summed E-state index contributed by atoms with van der Waals surface area (Å²) in [6, 6.07) is 33.4. The Labute approximate surface area is 237 Å². The largest absolute Gasteiger partial charge is 0.299 e. The van der Waals surface area contributed by atoms with Crippen molar-refractivity contribution in [2.24, 2.45) is 4.40 Å². The monoisotopic (exact) mass is 535 g/mol. The van der Waals surface area contributed by atoms with E-state index in [1.54, 1.807) is 6.08 Å². The van der Waals surface area contributed by atoms with Crippen molar-refractivity contribution in [3.63, 3.8) is 0 Å². The molecule has 0 aliphatic heterocycles. The number of thiol groups is 1. The van der Waals surface area contributed by atoms with E-state index in [0.29, 0.717) is 11.4 Å². The molecule has 6 heteroatoms. The number of nitrogens with one attached hydrogen (secondary N) is 1. The number of pyridine rings is 1. The third-order valence-electron chi connectivity index (χ3n) is 7.50. The second-order valence-corrected chi connectivity index (χ2v) is 9.99. The fraction of sp³-hybridized carbons (Fsp3) is 0.0588. The van der Waals surface area contributed by atoms with Crippen LogP contribution in [0.3, 0.4) is 0 Å². The van der Waals surface area contributed by atoms with Crippen LogP contribution in [0.4, 0.5) is 0 Å². The molecular weight excluding hydrogens is 510 g/mol. The van der Waals surface area contributed by atoms with Gasteiger partial charge in [0.05, 0.1) is 28.0 Å². The molecule has 5 nitrogen and oxygen atoms in total. The maximum absolute atomic E-state index is 8.38. The van der Waals surface area contributed by atoms with Gasteiger partial charge in [0.2, 0.25) is 0 Å². The molecule has 1 aliphatic carbocycles. The number of aryl methyl sites for hydroxylation is 1. The number of fused-ring (bicyclic) bond motifs is 4. The van der Waals surface area contributed by atoms with Crippen LogP contribution < -0.4 is 0 Å². The lowest BCUT2D eigenvalue weighted by Crippen LogP contribution is -2.18. The van der Waals surface area contributed by atoms with Crippen LogP contribution in [0.2, 0.25) is 0 Å². The number of hydrogen-bond donors (Lipinski definition) is 2. The van der Waals surface area contributed by atoms with Gasteiger partial charge in [-0.2, -0.15) is 0 Å². The second kappa shape index (κ2) is 9.74. The van der Waals surface area contributed by atoms with Gasteiger partial charge < -0.3 is 0 Å². The molecule has 0 radical (unpaired) electrons. The molecule has 0 fully saturated rings. The lowest BCUT2D eigenvalue weighted by molar-refractivity contribution is 0.908. The summed E-state index contributed by atoms with van der Waals surface area (Å²) >= 11 is 4.19. The molecule has 0 amide bonds. The molecule has 0 saturated heterocycles. The molecule has 0 spiro atoms. The van der Waals surface area contributed by atoms with Crippen LogP contribution in [-0.4, -0.2) is 26.0 Å². The van der Waals surface area contributed by atoms with Gasteiger partial charge in [-0.05, 0) is 66.4 Å². The molecule has 0 saturated carbocycles. The first-order valence-electron chi connectivity index (χ1n) is 13.3. The highest BCUT2D eigenvalue weighted by molar-refractivity contribution is 7.79. The second-order valence-electron chi connectivity index (χ2n) is 9.79. The van der Waals surface area contributed by atoms with Crippen LogP contribution in [0.25, 0.3) is 56.1 Å². The number of hydrogen-bond acceptors (Lipinski definition) is 5. The maximum Gasteiger partial charge on any atom is 0.114 e. The SMILES string of the molecule is CCc1nc2ccccc2n1-c1ccc(-c2ccc(-c3nc4ccccc4c4c3C=CC(=N)/C4=N\S)cc2)cc1. The zero-order valence-corrected chi connectivity index (χ0v) is 22.7. The lowest BCUT2D eigenvalue weighted by atomic mass is 9.88. The van der Waals surface area contributed by atoms with Crippen LogP contribution in [-0.2, 0) is 6.42 Å². The summed E-state index contributed by atoms with van der Waals surface area (Å²) in [4.78, 5) is 9.85. The molecule has 1 N–H and O–H groups in total. The number of para-hydroxylation sites is 3. The Morgan fingerprint density at radius 2 is 1.40 bits per heavy atom. The number of rotatable bonds is 4. The van der Waals surface area contributed by atoms with E-state index >= 15 is 0 Å². The van der Waals surface area contributed by atoms with E-state index in [9.17, 15) is 0 Å². The first-order valence-corrected chi connectivity index (χ1v) is 13.7. The summed E-state index contributed by atoms with van der Waals surface area (Å²) in [6.07, 6.45) is 4.59. The van der Waals surface area contributed by atoms with Crippen molar-refractivity contribution in [3.05, 3.63) is 120 Å². The third-order valence-corrected chi connectivity index (χ3v) is 7.70. The Morgan fingerprint density at radius 1 is 0.750 bits per heavy atom. The van der Waals surface area contributed by atoms with Crippen LogP contribution in [0.5, 0.6) is 0 Å². The number of imidazole rings is 1. The van der Waals surface area contributed by atoms with Crippen molar-refractivity contribution in [2.75, 3.05) is 0 Å². The first-order chi connectivity index (χ1) is 19.7. The smallest absolute Gasteiger partial charge is 0.114 e. The minimum absolute atomic E-state index is 0.346. The Morgan fingerprint density at radius 3 is 2.12 bits per heavy atom. The predicted octanol–water partition coefficient (Wildman–Crippen LogP) is 8.15. The van der Waals surface area contributed by atoms with Crippen molar-refractivity contribution in [1.29, 1.82) is 5.41 Å².